The van der Waals surface area contributed by atoms with Gasteiger partial charge in [-0.15, -0.1) is 0 Å². The number of amides is 1. The smallest absolute Gasteiger partial charge is 0.326 e. The number of aliphatic carboxylic acids is 1. The number of carbonyl (C=O) groups is 2. The lowest BCUT2D eigenvalue weighted by Gasteiger charge is -2.39. The molecule has 0 aromatic rings. The minimum absolute atomic E-state index is 0.218. The monoisotopic (exact) mass is 284 g/mol. The molecule has 2 rings (SSSR count). The number of hydrogen-bond acceptors (Lipinski definition) is 4. The number of rotatable bonds is 3. The van der Waals surface area contributed by atoms with Crippen LogP contribution in [0.2, 0.25) is 0 Å². The highest BCUT2D eigenvalue weighted by Crippen LogP contribution is 2.34. The third-order valence-corrected chi connectivity index (χ3v) is 4.60. The second-order valence-corrected chi connectivity index (χ2v) is 6.26. The number of carboxylic acid groups (broad SMARTS) is 1. The molecule has 4 unspecified atom stereocenters. The van der Waals surface area contributed by atoms with Crippen molar-refractivity contribution in [2.75, 3.05) is 13.7 Å². The molecule has 1 heterocycles. The van der Waals surface area contributed by atoms with E-state index in [-0.39, 0.29) is 12.0 Å². The molecular formula is C14H24N2O4. The van der Waals surface area contributed by atoms with E-state index in [1.54, 1.807) is 7.11 Å². The summed E-state index contributed by atoms with van der Waals surface area (Å²) in [6, 6.07) is -0.815. The van der Waals surface area contributed by atoms with E-state index < -0.39 is 17.6 Å². The number of carbonyl (C=O) groups excluding carboxylic acids is 1. The number of likely N-dealkylation sites (tertiary alicyclic amines) is 1. The largest absolute Gasteiger partial charge is 0.480 e. The predicted molar refractivity (Wildman–Crippen MR) is 73.1 cm³/mol. The maximum atomic E-state index is 12.7. The van der Waals surface area contributed by atoms with Crippen molar-refractivity contribution < 1.29 is 19.4 Å². The first-order chi connectivity index (χ1) is 9.37. The SMILES string of the molecule is COC1CC(C(=O)O)N(C(=O)C2(N)CCCC(C)C2)C1. The van der Waals surface area contributed by atoms with Crippen molar-refractivity contribution in [1.29, 1.82) is 0 Å². The molecule has 0 aromatic carbocycles. The number of nitrogens with two attached hydrogens (primary N) is 1. The van der Waals surface area contributed by atoms with Crippen molar-refractivity contribution in [3.8, 4) is 0 Å². The molecule has 2 fully saturated rings. The van der Waals surface area contributed by atoms with Gasteiger partial charge in [-0.05, 0) is 18.8 Å². The van der Waals surface area contributed by atoms with Gasteiger partial charge < -0.3 is 20.5 Å². The Bertz CT molecular complexity index is 401. The summed E-state index contributed by atoms with van der Waals surface area (Å²) in [5, 5.41) is 9.29. The minimum Gasteiger partial charge on any atom is -0.480 e. The Labute approximate surface area is 119 Å². The Morgan fingerprint density at radius 1 is 1.45 bits per heavy atom. The molecule has 0 radical (unpaired) electrons. The fourth-order valence-corrected chi connectivity index (χ4v) is 3.50. The lowest BCUT2D eigenvalue weighted by molar-refractivity contribution is -0.151. The molecule has 3 N–H and O–H groups in total. The van der Waals surface area contributed by atoms with E-state index in [1.165, 1.54) is 4.90 Å². The summed E-state index contributed by atoms with van der Waals surface area (Å²) in [5.41, 5.74) is 5.39. The Balaban J connectivity index is 2.16. The minimum atomic E-state index is -0.981. The van der Waals surface area contributed by atoms with Crippen molar-refractivity contribution >= 4 is 11.9 Å². The second kappa shape index (κ2) is 5.69. The van der Waals surface area contributed by atoms with E-state index >= 15 is 0 Å². The van der Waals surface area contributed by atoms with Crippen LogP contribution in [0.5, 0.6) is 0 Å². The Hall–Kier alpha value is -1.14. The van der Waals surface area contributed by atoms with Crippen LogP contribution in [-0.2, 0) is 14.3 Å². The molecule has 0 bridgehead atoms. The lowest BCUT2D eigenvalue weighted by atomic mass is 9.76. The van der Waals surface area contributed by atoms with Gasteiger partial charge in [-0.2, -0.15) is 0 Å². The Kier molecular flexibility index (Phi) is 4.34. The van der Waals surface area contributed by atoms with E-state index in [2.05, 4.69) is 6.92 Å². The maximum absolute atomic E-state index is 12.7. The third-order valence-electron chi connectivity index (χ3n) is 4.60. The quantitative estimate of drug-likeness (QED) is 0.791. The van der Waals surface area contributed by atoms with Crippen LogP contribution in [0, 0.1) is 5.92 Å². The van der Waals surface area contributed by atoms with Crippen molar-refractivity contribution in [2.24, 2.45) is 11.7 Å². The van der Waals surface area contributed by atoms with Crippen LogP contribution in [0.25, 0.3) is 0 Å². The molecule has 0 aromatic heterocycles. The fourth-order valence-electron chi connectivity index (χ4n) is 3.50. The van der Waals surface area contributed by atoms with Gasteiger partial charge in [-0.25, -0.2) is 4.79 Å². The van der Waals surface area contributed by atoms with Gasteiger partial charge in [-0.1, -0.05) is 19.8 Å². The molecule has 114 valence electrons. The standard InChI is InChI=1S/C14H24N2O4/c1-9-4-3-5-14(15,7-9)13(19)16-8-10(20-2)6-11(16)12(17)18/h9-11H,3-8,15H2,1-2H3,(H,17,18). The molecular weight excluding hydrogens is 260 g/mol. The molecule has 1 amide bonds. The lowest BCUT2D eigenvalue weighted by Crippen LogP contribution is -2.59. The summed E-state index contributed by atoms with van der Waals surface area (Å²) in [5.74, 6) is -0.803. The van der Waals surface area contributed by atoms with E-state index in [1.807, 2.05) is 0 Å². The number of ether oxygens (including phenoxy) is 1. The van der Waals surface area contributed by atoms with Crippen LogP contribution >= 0.6 is 0 Å². The Morgan fingerprint density at radius 2 is 2.15 bits per heavy atom. The van der Waals surface area contributed by atoms with Gasteiger partial charge in [0.1, 0.15) is 6.04 Å². The molecule has 1 aliphatic carbocycles. The molecule has 6 heteroatoms. The molecule has 6 nitrogen and oxygen atoms in total. The van der Waals surface area contributed by atoms with Gasteiger partial charge in [0.2, 0.25) is 5.91 Å². The van der Waals surface area contributed by atoms with Crippen LogP contribution in [0.4, 0.5) is 0 Å². The highest BCUT2D eigenvalue weighted by atomic mass is 16.5. The van der Waals surface area contributed by atoms with Crippen molar-refractivity contribution in [2.45, 2.75) is 56.7 Å². The summed E-state index contributed by atoms with van der Waals surface area (Å²) < 4.78 is 5.22. The van der Waals surface area contributed by atoms with Crippen LogP contribution < -0.4 is 5.73 Å². The zero-order valence-corrected chi connectivity index (χ0v) is 12.2. The molecule has 1 saturated carbocycles. The summed E-state index contributed by atoms with van der Waals surface area (Å²) in [7, 11) is 1.54. The number of carboxylic acids is 1. The first kappa shape index (κ1) is 15.3. The molecule has 1 aliphatic heterocycles. The van der Waals surface area contributed by atoms with E-state index in [9.17, 15) is 14.7 Å². The first-order valence-electron chi connectivity index (χ1n) is 7.23. The van der Waals surface area contributed by atoms with Gasteiger partial charge in [-0.3, -0.25) is 4.79 Å². The van der Waals surface area contributed by atoms with Crippen molar-refractivity contribution in [3.63, 3.8) is 0 Å². The first-order valence-corrected chi connectivity index (χ1v) is 7.23. The van der Waals surface area contributed by atoms with Crippen LogP contribution in [-0.4, -0.2) is 53.2 Å². The van der Waals surface area contributed by atoms with Crippen LogP contribution in [0.15, 0.2) is 0 Å². The average molecular weight is 284 g/mol. The maximum Gasteiger partial charge on any atom is 0.326 e. The Morgan fingerprint density at radius 3 is 2.70 bits per heavy atom. The van der Waals surface area contributed by atoms with Gasteiger partial charge >= 0.3 is 5.97 Å². The highest BCUT2D eigenvalue weighted by Gasteiger charge is 2.47. The van der Waals surface area contributed by atoms with E-state index in [0.29, 0.717) is 31.7 Å². The molecule has 1 saturated heterocycles. The van der Waals surface area contributed by atoms with Gasteiger partial charge in [0.05, 0.1) is 11.6 Å². The zero-order chi connectivity index (χ0) is 14.9. The van der Waals surface area contributed by atoms with E-state index in [0.717, 1.165) is 12.8 Å². The number of methoxy groups -OCH3 is 1. The summed E-state index contributed by atoms with van der Waals surface area (Å²) >= 11 is 0. The zero-order valence-electron chi connectivity index (χ0n) is 12.2. The van der Waals surface area contributed by atoms with Crippen LogP contribution in [0.3, 0.4) is 0 Å². The van der Waals surface area contributed by atoms with Gasteiger partial charge in [0.25, 0.3) is 0 Å². The normalized spacial score (nSPS) is 38.0. The predicted octanol–water partition coefficient (Wildman–Crippen LogP) is 0.595. The molecule has 4 atom stereocenters. The summed E-state index contributed by atoms with van der Waals surface area (Å²) in [6.45, 7) is 2.41. The fraction of sp³-hybridized carbons (Fsp3) is 0.857. The number of nitrogens with zero attached hydrogens (tertiary/aromatic N) is 1. The van der Waals surface area contributed by atoms with Crippen molar-refractivity contribution in [1.82, 2.24) is 4.90 Å². The summed E-state index contributed by atoms with van der Waals surface area (Å²) in [4.78, 5) is 25.5. The molecule has 0 spiro atoms. The molecule has 20 heavy (non-hydrogen) atoms. The van der Waals surface area contributed by atoms with Crippen LogP contribution in [0.1, 0.15) is 39.0 Å². The van der Waals surface area contributed by atoms with Gasteiger partial charge in [0.15, 0.2) is 0 Å². The average Bonchev–Trinajstić information content (AvgIpc) is 2.81. The van der Waals surface area contributed by atoms with E-state index in [4.69, 9.17) is 10.5 Å². The third kappa shape index (κ3) is 2.81. The second-order valence-electron chi connectivity index (χ2n) is 6.26. The summed E-state index contributed by atoms with van der Waals surface area (Å²) in [6.07, 6.45) is 3.38. The van der Waals surface area contributed by atoms with Gasteiger partial charge in [0, 0.05) is 20.1 Å². The highest BCUT2D eigenvalue weighted by molar-refractivity contribution is 5.90. The number of hydrogen-bond donors (Lipinski definition) is 2. The topological polar surface area (TPSA) is 92.9 Å². The molecule has 2 aliphatic rings. The van der Waals surface area contributed by atoms with Crippen molar-refractivity contribution in [3.05, 3.63) is 0 Å².